The van der Waals surface area contributed by atoms with Crippen molar-refractivity contribution >= 4 is 23.3 Å². The summed E-state index contributed by atoms with van der Waals surface area (Å²) in [6.07, 6.45) is 0.0592. The molecule has 9 nitrogen and oxygen atoms in total. The molecule has 0 aromatic carbocycles. The van der Waals surface area contributed by atoms with Crippen molar-refractivity contribution in [2.24, 2.45) is 0 Å². The van der Waals surface area contributed by atoms with E-state index in [4.69, 9.17) is 9.26 Å². The van der Waals surface area contributed by atoms with Crippen molar-refractivity contribution in [1.82, 2.24) is 19.8 Å². The molecule has 0 saturated heterocycles. The zero-order chi connectivity index (χ0) is 21.1. The first-order valence-electron chi connectivity index (χ1n) is 9.54. The lowest BCUT2D eigenvalue weighted by molar-refractivity contribution is -0.154. The lowest BCUT2D eigenvalue weighted by Crippen LogP contribution is -2.32. The molecule has 0 radical (unpaired) electrons. The highest BCUT2D eigenvalue weighted by Crippen LogP contribution is 2.18. The fraction of sp³-hybridized carbons (Fsp3) is 0.450. The smallest absolute Gasteiger partial charge is 0.306 e. The second-order valence-corrected chi connectivity index (χ2v) is 7.02. The molecule has 3 rings (SSSR count). The number of nitrogens with one attached hydrogen (secondary N) is 1. The Bertz CT molecular complexity index is 1050. The molecule has 3 aromatic rings. The molecule has 0 aliphatic carbocycles. The van der Waals surface area contributed by atoms with Crippen LogP contribution >= 0.6 is 0 Å². The van der Waals surface area contributed by atoms with Crippen molar-refractivity contribution in [3.05, 3.63) is 40.5 Å². The number of hydrogen-bond acceptors (Lipinski definition) is 7. The van der Waals surface area contributed by atoms with E-state index in [1.807, 2.05) is 26.8 Å². The number of ether oxygens (including phenoxy) is 1. The van der Waals surface area contributed by atoms with Gasteiger partial charge in [-0.15, -0.1) is 0 Å². The average molecular weight is 399 g/mol. The van der Waals surface area contributed by atoms with Gasteiger partial charge in [0.15, 0.2) is 17.6 Å². The van der Waals surface area contributed by atoms with Crippen LogP contribution in [-0.2, 0) is 20.7 Å². The van der Waals surface area contributed by atoms with Crippen molar-refractivity contribution in [2.45, 2.75) is 60.0 Å². The molecule has 0 saturated carbocycles. The molecule has 1 unspecified atom stereocenters. The molecule has 1 N–H and O–H groups in total. The van der Waals surface area contributed by atoms with Crippen molar-refractivity contribution in [1.29, 1.82) is 0 Å². The van der Waals surface area contributed by atoms with E-state index in [1.54, 1.807) is 24.4 Å². The molecule has 0 aliphatic rings. The third kappa shape index (κ3) is 4.61. The van der Waals surface area contributed by atoms with Gasteiger partial charge in [0, 0.05) is 29.9 Å². The van der Waals surface area contributed by atoms with E-state index in [2.05, 4.69) is 20.6 Å². The van der Waals surface area contributed by atoms with Gasteiger partial charge in [0.25, 0.3) is 5.91 Å². The van der Waals surface area contributed by atoms with Gasteiger partial charge in [0.1, 0.15) is 5.76 Å². The van der Waals surface area contributed by atoms with Gasteiger partial charge in [0.2, 0.25) is 0 Å². The standard InChI is InChI=1S/C20H25N5O4/c1-6-16(20(27)22-17-10-12(3)29-24-17)28-19(26)8-7-15-13(4)21-18-9-11(2)23-25(18)14(15)5/h9-10,16H,6-8H2,1-5H3,(H,22,24,27). The lowest BCUT2D eigenvalue weighted by atomic mass is 10.1. The van der Waals surface area contributed by atoms with Gasteiger partial charge in [-0.1, -0.05) is 12.1 Å². The van der Waals surface area contributed by atoms with Crippen LogP contribution in [0.2, 0.25) is 0 Å². The summed E-state index contributed by atoms with van der Waals surface area (Å²) in [4.78, 5) is 29.2. The zero-order valence-corrected chi connectivity index (χ0v) is 17.3. The van der Waals surface area contributed by atoms with E-state index in [1.165, 1.54) is 0 Å². The molecule has 1 atom stereocenters. The molecule has 3 heterocycles. The third-order valence-electron chi connectivity index (χ3n) is 4.68. The van der Waals surface area contributed by atoms with Gasteiger partial charge in [-0.05, 0) is 46.1 Å². The number of fused-ring (bicyclic) bond motifs is 1. The second kappa shape index (κ2) is 8.42. The first-order chi connectivity index (χ1) is 13.8. The van der Waals surface area contributed by atoms with E-state index < -0.39 is 18.0 Å². The first-order valence-corrected chi connectivity index (χ1v) is 9.54. The first kappa shape index (κ1) is 20.5. The van der Waals surface area contributed by atoms with E-state index >= 15 is 0 Å². The number of rotatable bonds is 7. The zero-order valence-electron chi connectivity index (χ0n) is 17.3. The Hall–Kier alpha value is -3.23. The summed E-state index contributed by atoms with van der Waals surface area (Å²) in [6.45, 7) is 9.28. The molecule has 0 bridgehead atoms. The summed E-state index contributed by atoms with van der Waals surface area (Å²) in [7, 11) is 0. The molecule has 0 fully saturated rings. The van der Waals surface area contributed by atoms with Gasteiger partial charge in [-0.2, -0.15) is 5.10 Å². The van der Waals surface area contributed by atoms with Crippen LogP contribution in [0.5, 0.6) is 0 Å². The van der Waals surface area contributed by atoms with Crippen molar-refractivity contribution in [3.8, 4) is 0 Å². The highest BCUT2D eigenvalue weighted by Gasteiger charge is 2.22. The van der Waals surface area contributed by atoms with Crippen LogP contribution in [0.25, 0.3) is 5.65 Å². The highest BCUT2D eigenvalue weighted by molar-refractivity contribution is 5.94. The minimum absolute atomic E-state index is 0.141. The Kier molecular flexibility index (Phi) is 5.95. The van der Waals surface area contributed by atoms with Crippen LogP contribution in [0.4, 0.5) is 5.82 Å². The predicted molar refractivity (Wildman–Crippen MR) is 106 cm³/mol. The van der Waals surface area contributed by atoms with Crippen LogP contribution < -0.4 is 5.32 Å². The number of aromatic nitrogens is 4. The summed E-state index contributed by atoms with van der Waals surface area (Å²) in [5.74, 6) is -0.00771. The Morgan fingerprint density at radius 3 is 2.66 bits per heavy atom. The molecule has 154 valence electrons. The molecule has 0 spiro atoms. The Balaban J connectivity index is 1.62. The van der Waals surface area contributed by atoms with E-state index in [0.717, 1.165) is 28.3 Å². The van der Waals surface area contributed by atoms with E-state index in [9.17, 15) is 9.59 Å². The predicted octanol–water partition coefficient (Wildman–Crippen LogP) is 2.84. The number of anilines is 1. The van der Waals surface area contributed by atoms with Gasteiger partial charge in [-0.3, -0.25) is 9.59 Å². The summed E-state index contributed by atoms with van der Waals surface area (Å²) in [5, 5.41) is 10.7. The number of aryl methyl sites for hydroxylation is 4. The summed E-state index contributed by atoms with van der Waals surface area (Å²) < 4.78 is 12.1. The normalized spacial score (nSPS) is 12.2. The summed E-state index contributed by atoms with van der Waals surface area (Å²) in [6, 6.07) is 3.51. The molecule has 0 aliphatic heterocycles. The largest absolute Gasteiger partial charge is 0.452 e. The fourth-order valence-corrected chi connectivity index (χ4v) is 3.20. The van der Waals surface area contributed by atoms with Crippen molar-refractivity contribution in [3.63, 3.8) is 0 Å². The fourth-order valence-electron chi connectivity index (χ4n) is 3.20. The van der Waals surface area contributed by atoms with Crippen LogP contribution in [0.1, 0.15) is 48.2 Å². The van der Waals surface area contributed by atoms with Crippen LogP contribution in [0.15, 0.2) is 16.7 Å². The Morgan fingerprint density at radius 1 is 1.24 bits per heavy atom. The van der Waals surface area contributed by atoms with Crippen LogP contribution in [0, 0.1) is 27.7 Å². The number of carbonyl (C=O) groups excluding carboxylic acids is 2. The average Bonchev–Trinajstić information content (AvgIpc) is 3.24. The van der Waals surface area contributed by atoms with Crippen LogP contribution in [0.3, 0.4) is 0 Å². The molecule has 1 amide bonds. The highest BCUT2D eigenvalue weighted by atomic mass is 16.5. The number of nitrogens with zero attached hydrogens (tertiary/aromatic N) is 4. The topological polar surface area (TPSA) is 112 Å². The number of hydrogen-bond donors (Lipinski definition) is 1. The maximum atomic E-state index is 12.4. The minimum atomic E-state index is -0.893. The number of carbonyl (C=O) groups is 2. The quantitative estimate of drug-likeness (QED) is 0.608. The maximum Gasteiger partial charge on any atom is 0.306 e. The van der Waals surface area contributed by atoms with Gasteiger partial charge in [-0.25, -0.2) is 9.50 Å². The number of amides is 1. The van der Waals surface area contributed by atoms with Gasteiger partial charge >= 0.3 is 5.97 Å². The summed E-state index contributed by atoms with van der Waals surface area (Å²) >= 11 is 0. The van der Waals surface area contributed by atoms with Crippen LogP contribution in [-0.4, -0.2) is 37.7 Å². The molecular formula is C20H25N5O4. The van der Waals surface area contributed by atoms with E-state index in [-0.39, 0.29) is 6.42 Å². The Labute approximate surface area is 168 Å². The molecule has 3 aromatic heterocycles. The summed E-state index contributed by atoms with van der Waals surface area (Å²) in [5.41, 5.74) is 4.42. The SMILES string of the molecule is CCC(OC(=O)CCc1c(C)nc2cc(C)nn2c1C)C(=O)Nc1cc(C)on1. The number of esters is 1. The molecule has 9 heteroatoms. The second-order valence-electron chi connectivity index (χ2n) is 7.02. The molecule has 29 heavy (non-hydrogen) atoms. The van der Waals surface area contributed by atoms with E-state index in [0.29, 0.717) is 24.4 Å². The third-order valence-corrected chi connectivity index (χ3v) is 4.68. The van der Waals surface area contributed by atoms with Gasteiger partial charge < -0.3 is 14.6 Å². The minimum Gasteiger partial charge on any atom is -0.452 e. The molecular weight excluding hydrogens is 374 g/mol. The monoisotopic (exact) mass is 399 g/mol. The van der Waals surface area contributed by atoms with Gasteiger partial charge in [0.05, 0.1) is 5.69 Å². The Morgan fingerprint density at radius 2 is 2.00 bits per heavy atom. The maximum absolute atomic E-state index is 12.4. The van der Waals surface area contributed by atoms with Crippen molar-refractivity contribution in [2.75, 3.05) is 5.32 Å². The lowest BCUT2D eigenvalue weighted by Gasteiger charge is -2.16. The van der Waals surface area contributed by atoms with Crippen molar-refractivity contribution < 1.29 is 18.8 Å².